The second-order valence-electron chi connectivity index (χ2n) is 4.00. The highest BCUT2D eigenvalue weighted by Crippen LogP contribution is 2.29. The van der Waals surface area contributed by atoms with E-state index in [-0.39, 0.29) is 0 Å². The molecule has 0 unspecified atom stereocenters. The van der Waals surface area contributed by atoms with Gasteiger partial charge in [0.05, 0.1) is 0 Å². The van der Waals surface area contributed by atoms with Crippen molar-refractivity contribution in [2.75, 3.05) is 11.5 Å². The molecule has 17 heavy (non-hydrogen) atoms. The molecule has 0 radical (unpaired) electrons. The van der Waals surface area contributed by atoms with Crippen LogP contribution in [0.1, 0.15) is 11.1 Å². The third-order valence-corrected chi connectivity index (χ3v) is 3.90. The summed E-state index contributed by atoms with van der Waals surface area (Å²) in [6, 6.07) is 14.0. The number of hydrogen-bond acceptors (Lipinski definition) is 3. The van der Waals surface area contributed by atoms with Crippen LogP contribution in [-0.4, -0.2) is 0 Å². The Hall–Kier alpha value is -1.61. The van der Waals surface area contributed by atoms with Crippen molar-refractivity contribution in [2.24, 2.45) is 0 Å². The van der Waals surface area contributed by atoms with Crippen LogP contribution in [-0.2, 0) is 5.75 Å². The molecule has 0 atom stereocenters. The summed E-state index contributed by atoms with van der Waals surface area (Å²) in [4.78, 5) is 1.23. The topological polar surface area (TPSA) is 52.0 Å². The zero-order chi connectivity index (χ0) is 12.3. The fourth-order valence-corrected chi connectivity index (χ4v) is 2.64. The van der Waals surface area contributed by atoms with Gasteiger partial charge in [-0.3, -0.25) is 0 Å². The molecule has 0 bridgehead atoms. The predicted octanol–water partition coefficient (Wildman–Crippen LogP) is 3.45. The highest BCUT2D eigenvalue weighted by atomic mass is 32.2. The van der Waals surface area contributed by atoms with Gasteiger partial charge in [-0.2, -0.15) is 0 Å². The van der Waals surface area contributed by atoms with Gasteiger partial charge in [0.15, 0.2) is 0 Å². The molecule has 4 N–H and O–H groups in total. The summed E-state index contributed by atoms with van der Waals surface area (Å²) < 4.78 is 0. The van der Waals surface area contributed by atoms with E-state index in [0.29, 0.717) is 0 Å². The van der Waals surface area contributed by atoms with Gasteiger partial charge in [0.2, 0.25) is 0 Å². The molecule has 0 saturated carbocycles. The Labute approximate surface area is 106 Å². The Morgan fingerprint density at radius 1 is 1.06 bits per heavy atom. The molecule has 0 aliphatic rings. The smallest absolute Gasteiger partial charge is 0.0354 e. The quantitative estimate of drug-likeness (QED) is 0.642. The minimum absolute atomic E-state index is 0.812. The molecule has 0 saturated heterocycles. The molecule has 3 heteroatoms. The highest BCUT2D eigenvalue weighted by molar-refractivity contribution is 7.98. The standard InChI is InChI=1S/C14H16N2S/c1-10-13(16)6-3-7-14(10)17-9-11-4-2-5-12(15)8-11/h2-8H,9,15-16H2,1H3. The van der Waals surface area contributed by atoms with Crippen molar-refractivity contribution in [3.63, 3.8) is 0 Å². The number of nitrogen functional groups attached to an aromatic ring is 2. The van der Waals surface area contributed by atoms with Crippen LogP contribution < -0.4 is 11.5 Å². The molecule has 0 spiro atoms. The summed E-state index contributed by atoms with van der Waals surface area (Å²) >= 11 is 1.79. The van der Waals surface area contributed by atoms with E-state index < -0.39 is 0 Å². The fraction of sp³-hybridized carbons (Fsp3) is 0.143. The van der Waals surface area contributed by atoms with Crippen molar-refractivity contribution >= 4 is 23.1 Å². The summed E-state index contributed by atoms with van der Waals surface area (Å²) in [6.45, 7) is 2.05. The first-order chi connectivity index (χ1) is 8.16. The lowest BCUT2D eigenvalue weighted by atomic mass is 10.2. The average molecular weight is 244 g/mol. The third kappa shape index (κ3) is 2.94. The molecule has 0 aliphatic heterocycles. The lowest BCUT2D eigenvalue weighted by molar-refractivity contribution is 1.29. The largest absolute Gasteiger partial charge is 0.399 e. The van der Waals surface area contributed by atoms with E-state index in [9.17, 15) is 0 Å². The maximum atomic E-state index is 5.88. The Morgan fingerprint density at radius 3 is 2.59 bits per heavy atom. The van der Waals surface area contributed by atoms with Crippen molar-refractivity contribution in [3.8, 4) is 0 Å². The maximum Gasteiger partial charge on any atom is 0.0354 e. The molecular formula is C14H16N2S. The first-order valence-electron chi connectivity index (χ1n) is 5.49. The van der Waals surface area contributed by atoms with E-state index in [4.69, 9.17) is 11.5 Å². The van der Waals surface area contributed by atoms with Crippen molar-refractivity contribution in [2.45, 2.75) is 17.6 Å². The van der Waals surface area contributed by atoms with Gasteiger partial charge in [0, 0.05) is 22.0 Å². The number of benzene rings is 2. The predicted molar refractivity (Wildman–Crippen MR) is 76.0 cm³/mol. The van der Waals surface area contributed by atoms with Crippen LogP contribution in [0.4, 0.5) is 11.4 Å². The molecule has 0 amide bonds. The van der Waals surface area contributed by atoms with Crippen molar-refractivity contribution in [3.05, 3.63) is 53.6 Å². The van der Waals surface area contributed by atoms with Gasteiger partial charge < -0.3 is 11.5 Å². The third-order valence-electron chi connectivity index (χ3n) is 2.67. The minimum atomic E-state index is 0.812. The van der Waals surface area contributed by atoms with Crippen LogP contribution in [0.15, 0.2) is 47.4 Å². The van der Waals surface area contributed by atoms with Crippen molar-refractivity contribution < 1.29 is 0 Å². The second-order valence-corrected chi connectivity index (χ2v) is 5.02. The van der Waals surface area contributed by atoms with Crippen LogP contribution >= 0.6 is 11.8 Å². The summed E-state index contributed by atoms with van der Waals surface area (Å²) in [7, 11) is 0. The molecule has 0 heterocycles. The highest BCUT2D eigenvalue weighted by Gasteiger charge is 2.02. The summed E-state index contributed by atoms with van der Waals surface area (Å²) in [6.07, 6.45) is 0. The summed E-state index contributed by atoms with van der Waals surface area (Å²) in [5.41, 5.74) is 15.7. The van der Waals surface area contributed by atoms with Gasteiger partial charge in [-0.1, -0.05) is 18.2 Å². The molecule has 2 aromatic rings. The zero-order valence-corrected chi connectivity index (χ0v) is 10.6. The van der Waals surface area contributed by atoms with Crippen LogP contribution in [0.2, 0.25) is 0 Å². The monoisotopic (exact) mass is 244 g/mol. The van der Waals surface area contributed by atoms with E-state index in [1.165, 1.54) is 10.5 Å². The Morgan fingerprint density at radius 2 is 1.82 bits per heavy atom. The Balaban J connectivity index is 2.10. The lowest BCUT2D eigenvalue weighted by Crippen LogP contribution is -1.91. The number of rotatable bonds is 3. The molecule has 0 aromatic heterocycles. The number of nitrogens with two attached hydrogens (primary N) is 2. The van der Waals surface area contributed by atoms with E-state index in [2.05, 4.69) is 19.1 Å². The maximum absolute atomic E-state index is 5.88. The average Bonchev–Trinajstić information content (AvgIpc) is 2.31. The Kier molecular flexibility index (Phi) is 3.59. The summed E-state index contributed by atoms with van der Waals surface area (Å²) in [5.74, 6) is 0.912. The molecule has 0 fully saturated rings. The summed E-state index contributed by atoms with van der Waals surface area (Å²) in [5, 5.41) is 0. The molecule has 2 rings (SSSR count). The number of thioether (sulfide) groups is 1. The lowest BCUT2D eigenvalue weighted by Gasteiger charge is -2.08. The van der Waals surface area contributed by atoms with Crippen LogP contribution in [0.5, 0.6) is 0 Å². The first kappa shape index (κ1) is 11.9. The van der Waals surface area contributed by atoms with E-state index >= 15 is 0 Å². The van der Waals surface area contributed by atoms with Crippen LogP contribution in [0.3, 0.4) is 0 Å². The SMILES string of the molecule is Cc1c(N)cccc1SCc1cccc(N)c1. The molecule has 0 aliphatic carbocycles. The second kappa shape index (κ2) is 5.15. The number of anilines is 2. The zero-order valence-electron chi connectivity index (χ0n) is 9.81. The fourth-order valence-electron chi connectivity index (χ4n) is 1.63. The van der Waals surface area contributed by atoms with Gasteiger partial charge in [0.25, 0.3) is 0 Å². The van der Waals surface area contributed by atoms with Gasteiger partial charge in [-0.25, -0.2) is 0 Å². The van der Waals surface area contributed by atoms with Crippen molar-refractivity contribution in [1.82, 2.24) is 0 Å². The normalized spacial score (nSPS) is 10.4. The molecule has 2 nitrogen and oxygen atoms in total. The molecule has 88 valence electrons. The molecular weight excluding hydrogens is 228 g/mol. The van der Waals surface area contributed by atoms with Gasteiger partial charge >= 0.3 is 0 Å². The minimum Gasteiger partial charge on any atom is -0.399 e. The van der Waals surface area contributed by atoms with E-state index in [1.807, 2.05) is 30.3 Å². The molecule has 2 aromatic carbocycles. The van der Waals surface area contributed by atoms with Gasteiger partial charge in [-0.15, -0.1) is 11.8 Å². The van der Waals surface area contributed by atoms with E-state index in [1.54, 1.807) is 11.8 Å². The first-order valence-corrected chi connectivity index (χ1v) is 6.47. The number of hydrogen-bond donors (Lipinski definition) is 2. The Bertz CT molecular complexity index is 523. The van der Waals surface area contributed by atoms with Gasteiger partial charge in [0.1, 0.15) is 0 Å². The van der Waals surface area contributed by atoms with E-state index in [0.717, 1.165) is 22.7 Å². The van der Waals surface area contributed by atoms with Crippen LogP contribution in [0, 0.1) is 6.92 Å². The van der Waals surface area contributed by atoms with Crippen molar-refractivity contribution in [1.29, 1.82) is 0 Å². The van der Waals surface area contributed by atoms with Gasteiger partial charge in [-0.05, 0) is 42.3 Å². The van der Waals surface area contributed by atoms with Crippen LogP contribution in [0.25, 0.3) is 0 Å².